The molecule has 1 aliphatic heterocycles. The fourth-order valence-electron chi connectivity index (χ4n) is 4.76. The van der Waals surface area contributed by atoms with E-state index in [-0.39, 0.29) is 12.1 Å². The second kappa shape index (κ2) is 10.9. The molecule has 0 bridgehead atoms. The monoisotopic (exact) mass is 378 g/mol. The molecule has 0 radical (unpaired) electrons. The van der Waals surface area contributed by atoms with Gasteiger partial charge in [-0.1, -0.05) is 12.8 Å². The lowest BCUT2D eigenvalue weighted by molar-refractivity contribution is -0.148. The summed E-state index contributed by atoms with van der Waals surface area (Å²) >= 11 is 0. The van der Waals surface area contributed by atoms with Crippen LogP contribution in [0, 0.1) is 0 Å². The van der Waals surface area contributed by atoms with E-state index in [1.54, 1.807) is 0 Å². The zero-order valence-electron chi connectivity index (χ0n) is 17.0. The molecule has 27 heavy (non-hydrogen) atoms. The van der Waals surface area contributed by atoms with Crippen LogP contribution in [0.25, 0.3) is 0 Å². The number of hydrogen-bond donors (Lipinski definition) is 2. The number of guanidine groups is 1. The van der Waals surface area contributed by atoms with Gasteiger partial charge in [-0.25, -0.2) is 0 Å². The molecule has 0 aromatic heterocycles. The lowest BCUT2D eigenvalue weighted by Gasteiger charge is -2.36. The first-order valence-corrected chi connectivity index (χ1v) is 11.2. The average Bonchev–Trinajstić information content (AvgIpc) is 3.39. The van der Waals surface area contributed by atoms with Crippen molar-refractivity contribution in [3.63, 3.8) is 0 Å². The van der Waals surface area contributed by atoms with E-state index in [0.717, 1.165) is 37.8 Å². The Morgan fingerprint density at radius 2 is 1.70 bits per heavy atom. The smallest absolute Gasteiger partial charge is 0.306 e. The van der Waals surface area contributed by atoms with E-state index in [1.807, 2.05) is 7.05 Å². The van der Waals surface area contributed by atoms with Crippen molar-refractivity contribution in [2.75, 3.05) is 26.7 Å². The molecule has 1 saturated heterocycles. The fourth-order valence-corrected chi connectivity index (χ4v) is 4.76. The highest BCUT2D eigenvalue weighted by Gasteiger charge is 2.27. The molecule has 3 aliphatic rings. The fraction of sp³-hybridized carbons (Fsp3) is 0.905. The molecule has 0 spiro atoms. The summed E-state index contributed by atoms with van der Waals surface area (Å²) in [5, 5.41) is 6.91. The van der Waals surface area contributed by atoms with E-state index in [1.165, 1.54) is 64.5 Å². The number of ether oxygens (including phenoxy) is 1. The van der Waals surface area contributed by atoms with E-state index in [4.69, 9.17) is 4.74 Å². The van der Waals surface area contributed by atoms with Gasteiger partial charge in [0.25, 0.3) is 0 Å². The number of likely N-dealkylation sites (tertiary alicyclic amines) is 1. The number of aliphatic imine (C=N–C) groups is 1. The van der Waals surface area contributed by atoms with Crippen molar-refractivity contribution in [2.45, 2.75) is 95.2 Å². The van der Waals surface area contributed by atoms with Gasteiger partial charge >= 0.3 is 5.97 Å². The Labute approximate surface area is 164 Å². The number of rotatable bonds is 7. The van der Waals surface area contributed by atoms with E-state index in [2.05, 4.69) is 20.5 Å². The second-order valence-corrected chi connectivity index (χ2v) is 8.39. The Morgan fingerprint density at radius 3 is 2.37 bits per heavy atom. The Morgan fingerprint density at radius 1 is 1.04 bits per heavy atom. The van der Waals surface area contributed by atoms with Crippen LogP contribution in [-0.4, -0.2) is 61.7 Å². The highest BCUT2D eigenvalue weighted by atomic mass is 16.5. The Hall–Kier alpha value is -1.30. The summed E-state index contributed by atoms with van der Waals surface area (Å²) in [4.78, 5) is 18.9. The first-order chi connectivity index (χ1) is 13.2. The number of nitrogens with zero attached hydrogens (tertiary/aromatic N) is 2. The molecular weight excluding hydrogens is 340 g/mol. The maximum Gasteiger partial charge on any atom is 0.306 e. The van der Waals surface area contributed by atoms with Crippen molar-refractivity contribution in [2.24, 2.45) is 4.99 Å². The van der Waals surface area contributed by atoms with Gasteiger partial charge in [0.05, 0.1) is 0 Å². The molecule has 6 nitrogen and oxygen atoms in total. The maximum atomic E-state index is 11.9. The summed E-state index contributed by atoms with van der Waals surface area (Å²) in [6.45, 7) is 3.15. The van der Waals surface area contributed by atoms with Crippen LogP contribution in [0.5, 0.6) is 0 Å². The van der Waals surface area contributed by atoms with Crippen molar-refractivity contribution in [3.8, 4) is 0 Å². The van der Waals surface area contributed by atoms with Crippen molar-refractivity contribution in [3.05, 3.63) is 0 Å². The van der Waals surface area contributed by atoms with Crippen molar-refractivity contribution < 1.29 is 9.53 Å². The molecule has 3 rings (SSSR count). The minimum atomic E-state index is -0.0501. The molecule has 0 aromatic rings. The van der Waals surface area contributed by atoms with Crippen LogP contribution >= 0.6 is 0 Å². The summed E-state index contributed by atoms with van der Waals surface area (Å²) < 4.78 is 5.50. The van der Waals surface area contributed by atoms with Gasteiger partial charge in [-0.05, 0) is 57.8 Å². The van der Waals surface area contributed by atoms with Crippen molar-refractivity contribution >= 4 is 11.9 Å². The lowest BCUT2D eigenvalue weighted by atomic mass is 10.0. The van der Waals surface area contributed by atoms with Crippen molar-refractivity contribution in [1.82, 2.24) is 15.5 Å². The van der Waals surface area contributed by atoms with Gasteiger partial charge in [0, 0.05) is 45.2 Å². The topological polar surface area (TPSA) is 66.0 Å². The average molecular weight is 379 g/mol. The molecule has 0 aromatic carbocycles. The first kappa shape index (κ1) is 20.4. The second-order valence-electron chi connectivity index (χ2n) is 8.39. The van der Waals surface area contributed by atoms with Crippen LogP contribution in [0.3, 0.4) is 0 Å². The van der Waals surface area contributed by atoms with Crippen LogP contribution in [0.2, 0.25) is 0 Å². The van der Waals surface area contributed by atoms with E-state index >= 15 is 0 Å². The summed E-state index contributed by atoms with van der Waals surface area (Å²) in [6, 6.07) is 1.34. The summed E-state index contributed by atoms with van der Waals surface area (Å²) in [6.07, 6.45) is 13.9. The number of carbonyl (C=O) groups excluding carboxylic acids is 1. The first-order valence-electron chi connectivity index (χ1n) is 11.2. The highest BCUT2D eigenvalue weighted by molar-refractivity contribution is 5.80. The molecule has 3 fully saturated rings. The van der Waals surface area contributed by atoms with Crippen molar-refractivity contribution in [1.29, 1.82) is 0 Å². The van der Waals surface area contributed by atoms with Crippen LogP contribution < -0.4 is 10.6 Å². The highest BCUT2D eigenvalue weighted by Crippen LogP contribution is 2.26. The van der Waals surface area contributed by atoms with Crippen LogP contribution in [0.1, 0.15) is 77.0 Å². The minimum absolute atomic E-state index is 0.0501. The number of nitrogens with one attached hydrogen (secondary N) is 2. The van der Waals surface area contributed by atoms with E-state index in [9.17, 15) is 4.79 Å². The molecule has 0 unspecified atom stereocenters. The SMILES string of the molecule is CN=C(NCCCC(=O)OC1CCCC1)NC1CCN(C2CCCC2)CC1. The molecule has 1 heterocycles. The number of esters is 1. The lowest BCUT2D eigenvalue weighted by Crippen LogP contribution is -2.50. The summed E-state index contributed by atoms with van der Waals surface area (Å²) in [5.41, 5.74) is 0. The normalized spacial score (nSPS) is 23.7. The standard InChI is InChI=1S/C21H38N4O2/c1-22-21(23-14-6-11-20(26)27-19-9-4-5-10-19)24-17-12-15-25(16-13-17)18-7-2-3-8-18/h17-19H,2-16H2,1H3,(H2,22,23,24). The summed E-state index contributed by atoms with van der Waals surface area (Å²) in [5.74, 6) is 0.810. The predicted octanol–water partition coefficient (Wildman–Crippen LogP) is 2.82. The van der Waals surface area contributed by atoms with E-state index in [0.29, 0.717) is 12.5 Å². The largest absolute Gasteiger partial charge is 0.462 e. The molecule has 0 amide bonds. The minimum Gasteiger partial charge on any atom is -0.462 e. The third kappa shape index (κ3) is 6.66. The van der Waals surface area contributed by atoms with Gasteiger partial charge in [-0.15, -0.1) is 0 Å². The van der Waals surface area contributed by atoms with Gasteiger partial charge in [-0.2, -0.15) is 0 Å². The molecule has 2 N–H and O–H groups in total. The molecule has 6 heteroatoms. The van der Waals surface area contributed by atoms with Gasteiger partial charge in [0.2, 0.25) is 0 Å². The molecule has 2 aliphatic carbocycles. The van der Waals surface area contributed by atoms with Gasteiger partial charge in [0.1, 0.15) is 6.10 Å². The third-order valence-electron chi connectivity index (χ3n) is 6.39. The number of carbonyl (C=O) groups is 1. The quantitative estimate of drug-likeness (QED) is 0.309. The maximum absolute atomic E-state index is 11.9. The zero-order valence-corrected chi connectivity index (χ0v) is 17.0. The Balaban J connectivity index is 1.26. The van der Waals surface area contributed by atoms with Gasteiger partial charge < -0.3 is 20.3 Å². The Kier molecular flexibility index (Phi) is 8.24. The Bertz CT molecular complexity index is 477. The third-order valence-corrected chi connectivity index (χ3v) is 6.39. The van der Waals surface area contributed by atoms with E-state index < -0.39 is 0 Å². The van der Waals surface area contributed by atoms with Crippen LogP contribution in [0.4, 0.5) is 0 Å². The number of hydrogen-bond acceptors (Lipinski definition) is 4. The predicted molar refractivity (Wildman–Crippen MR) is 109 cm³/mol. The molecule has 2 saturated carbocycles. The molecule has 0 atom stereocenters. The zero-order chi connectivity index (χ0) is 18.9. The molecular formula is C21H38N4O2. The van der Waals surface area contributed by atoms with Crippen LogP contribution in [0.15, 0.2) is 4.99 Å². The van der Waals surface area contributed by atoms with Gasteiger partial charge in [0.15, 0.2) is 5.96 Å². The molecule has 154 valence electrons. The van der Waals surface area contributed by atoms with Gasteiger partial charge in [-0.3, -0.25) is 9.79 Å². The van der Waals surface area contributed by atoms with Crippen LogP contribution in [-0.2, 0) is 9.53 Å². The number of piperidine rings is 1. The summed E-state index contributed by atoms with van der Waals surface area (Å²) in [7, 11) is 1.82.